The number of hydrogen-bond acceptors (Lipinski definition) is 8. The van der Waals surface area contributed by atoms with Crippen LogP contribution in [0.5, 0.6) is 0 Å². The Morgan fingerprint density at radius 1 is 1.21 bits per heavy atom. The smallest absolute Gasteiger partial charge is 0.251 e. The van der Waals surface area contributed by atoms with Crippen molar-refractivity contribution in [3.63, 3.8) is 0 Å². The van der Waals surface area contributed by atoms with Gasteiger partial charge in [0, 0.05) is 42.9 Å². The summed E-state index contributed by atoms with van der Waals surface area (Å²) in [5.74, 6) is 0.718. The van der Waals surface area contributed by atoms with Crippen LogP contribution in [0.2, 0.25) is 0 Å². The van der Waals surface area contributed by atoms with Crippen molar-refractivity contribution in [3.8, 4) is 21.8 Å². The second kappa shape index (κ2) is 10.7. The Balaban J connectivity index is 1.35. The third-order valence-corrected chi connectivity index (χ3v) is 8.96. The Bertz CT molecular complexity index is 1460. The van der Waals surface area contributed by atoms with Crippen LogP contribution >= 0.6 is 11.3 Å². The molecule has 2 fully saturated rings. The summed E-state index contributed by atoms with van der Waals surface area (Å²) in [6.07, 6.45) is 4.79. The number of thiophene rings is 1. The normalized spacial score (nSPS) is 17.2. The summed E-state index contributed by atoms with van der Waals surface area (Å²) >= 11 is 1.65. The van der Waals surface area contributed by atoms with Gasteiger partial charge in [-0.25, -0.2) is 14.5 Å². The zero-order valence-electron chi connectivity index (χ0n) is 22.8. The average molecular weight is 546 g/mol. The van der Waals surface area contributed by atoms with E-state index in [1.807, 2.05) is 35.8 Å². The molecule has 39 heavy (non-hydrogen) atoms. The molecule has 2 aliphatic heterocycles. The maximum Gasteiger partial charge on any atom is 0.251 e. The van der Waals surface area contributed by atoms with E-state index in [1.165, 1.54) is 0 Å². The molecule has 1 unspecified atom stereocenters. The van der Waals surface area contributed by atoms with Gasteiger partial charge in [-0.1, -0.05) is 19.9 Å². The highest BCUT2D eigenvalue weighted by Gasteiger charge is 2.45. The Kier molecular flexibility index (Phi) is 7.09. The first-order chi connectivity index (χ1) is 19.0. The molecule has 1 spiro atoms. The van der Waals surface area contributed by atoms with Gasteiger partial charge in [0.2, 0.25) is 0 Å². The molecule has 4 aromatic heterocycles. The fraction of sp³-hybridized carbons (Fsp3) is 0.448. The minimum Gasteiger partial charge on any atom is -0.380 e. The quantitative estimate of drug-likeness (QED) is 0.337. The number of rotatable bonds is 9. The van der Waals surface area contributed by atoms with Crippen molar-refractivity contribution in [2.45, 2.75) is 33.2 Å². The van der Waals surface area contributed by atoms with Crippen LogP contribution in [0, 0.1) is 5.41 Å². The lowest BCUT2D eigenvalue weighted by atomic mass is 9.85. The summed E-state index contributed by atoms with van der Waals surface area (Å²) < 4.78 is 7.30. The van der Waals surface area contributed by atoms with E-state index in [1.54, 1.807) is 22.0 Å². The van der Waals surface area contributed by atoms with Crippen LogP contribution in [-0.4, -0.2) is 82.4 Å². The Labute approximate surface area is 232 Å². The molecule has 0 aliphatic carbocycles. The lowest BCUT2D eigenvalue weighted by Crippen LogP contribution is -2.44. The van der Waals surface area contributed by atoms with Crippen molar-refractivity contribution in [3.05, 3.63) is 53.7 Å². The van der Waals surface area contributed by atoms with Gasteiger partial charge in [-0.3, -0.25) is 9.69 Å². The highest BCUT2D eigenvalue weighted by atomic mass is 32.1. The minimum absolute atomic E-state index is 0.0940. The van der Waals surface area contributed by atoms with E-state index >= 15 is 0 Å². The van der Waals surface area contributed by atoms with Crippen LogP contribution in [0.4, 0.5) is 5.82 Å². The van der Waals surface area contributed by atoms with E-state index in [9.17, 15) is 4.79 Å². The first-order valence-corrected chi connectivity index (χ1v) is 14.6. The third kappa shape index (κ3) is 5.04. The van der Waals surface area contributed by atoms with Crippen molar-refractivity contribution in [1.82, 2.24) is 29.8 Å². The maximum absolute atomic E-state index is 13.5. The van der Waals surface area contributed by atoms with Gasteiger partial charge in [0.25, 0.3) is 5.91 Å². The second-order valence-corrected chi connectivity index (χ2v) is 11.6. The molecule has 2 aliphatic rings. The zero-order chi connectivity index (χ0) is 27.0. The molecule has 10 heteroatoms. The van der Waals surface area contributed by atoms with Gasteiger partial charge in [0.1, 0.15) is 5.82 Å². The number of amides is 1. The maximum atomic E-state index is 13.5. The van der Waals surface area contributed by atoms with Crippen molar-refractivity contribution >= 4 is 28.7 Å². The van der Waals surface area contributed by atoms with Gasteiger partial charge in [-0.05, 0) is 56.1 Å². The fourth-order valence-electron chi connectivity index (χ4n) is 5.63. The van der Waals surface area contributed by atoms with Crippen LogP contribution in [0.25, 0.3) is 27.5 Å². The molecule has 0 radical (unpaired) electrons. The largest absolute Gasteiger partial charge is 0.380 e. The number of carbonyl (C=O) groups is 1. The van der Waals surface area contributed by atoms with Crippen LogP contribution in [0.1, 0.15) is 37.6 Å². The molecular formula is C29H35N7O2S. The first kappa shape index (κ1) is 25.9. The number of nitrogens with zero attached hydrogens (tertiary/aromatic N) is 6. The number of aromatic nitrogens is 4. The van der Waals surface area contributed by atoms with E-state index in [4.69, 9.17) is 14.7 Å². The number of pyridine rings is 1. The van der Waals surface area contributed by atoms with E-state index in [-0.39, 0.29) is 17.4 Å². The second-order valence-electron chi connectivity index (χ2n) is 10.7. The minimum atomic E-state index is -0.0940. The predicted octanol–water partition coefficient (Wildman–Crippen LogP) is 4.21. The standard InChI is InChI=1S/C29H35N7O2S/c1-4-34(5-2)20(3)15-30-28(37)21-13-24(32-26(14-21)35-11-9-29(17-35)18-38-19-29)22-16-31-36-10-8-23(33-27(22)36)25-7-6-12-39-25/h6-8,10,12-14,16,20H,4-5,9,11,15,17-19H2,1-3H3,(H,30,37). The van der Waals surface area contributed by atoms with Crippen molar-refractivity contribution < 1.29 is 9.53 Å². The molecule has 0 saturated carbocycles. The van der Waals surface area contributed by atoms with Gasteiger partial charge in [-0.2, -0.15) is 5.10 Å². The third-order valence-electron chi connectivity index (χ3n) is 8.07. The van der Waals surface area contributed by atoms with Crippen molar-refractivity contribution in [2.75, 3.05) is 50.8 Å². The lowest BCUT2D eigenvalue weighted by molar-refractivity contribution is -0.0985. The molecule has 0 bridgehead atoms. The van der Waals surface area contributed by atoms with Gasteiger partial charge < -0.3 is 15.0 Å². The average Bonchev–Trinajstić information content (AvgIpc) is 3.71. The molecule has 2 saturated heterocycles. The van der Waals surface area contributed by atoms with Gasteiger partial charge >= 0.3 is 0 Å². The summed E-state index contributed by atoms with van der Waals surface area (Å²) in [5.41, 5.74) is 3.93. The Hall–Kier alpha value is -3.34. The molecular weight excluding hydrogens is 510 g/mol. The van der Waals surface area contributed by atoms with E-state index < -0.39 is 0 Å². The molecule has 0 aromatic carbocycles. The number of anilines is 1. The van der Waals surface area contributed by atoms with Crippen LogP contribution in [-0.2, 0) is 4.74 Å². The SMILES string of the molecule is CCN(CC)C(C)CNC(=O)c1cc(-c2cnn3ccc(-c4cccs4)nc23)nc(N2CCC3(COC3)C2)c1. The van der Waals surface area contributed by atoms with Crippen LogP contribution < -0.4 is 10.2 Å². The first-order valence-electron chi connectivity index (χ1n) is 13.7. The molecule has 1 amide bonds. The molecule has 9 nitrogen and oxygen atoms in total. The van der Waals surface area contributed by atoms with E-state index in [2.05, 4.69) is 47.1 Å². The predicted molar refractivity (Wildman–Crippen MR) is 154 cm³/mol. The van der Waals surface area contributed by atoms with Crippen LogP contribution in [0.3, 0.4) is 0 Å². The summed E-state index contributed by atoms with van der Waals surface area (Å²) in [6.45, 7) is 12.3. The summed E-state index contributed by atoms with van der Waals surface area (Å²) in [6, 6.07) is 10.1. The monoisotopic (exact) mass is 545 g/mol. The molecule has 1 N–H and O–H groups in total. The summed E-state index contributed by atoms with van der Waals surface area (Å²) in [4.78, 5) is 29.2. The lowest BCUT2D eigenvalue weighted by Gasteiger charge is -2.37. The number of nitrogens with one attached hydrogen (secondary N) is 1. The Morgan fingerprint density at radius 2 is 2.05 bits per heavy atom. The number of fused-ring (bicyclic) bond motifs is 1. The molecule has 6 heterocycles. The van der Waals surface area contributed by atoms with Crippen molar-refractivity contribution in [1.29, 1.82) is 0 Å². The van der Waals surface area contributed by atoms with Crippen LogP contribution in [0.15, 0.2) is 48.1 Å². The number of ether oxygens (including phenoxy) is 1. The van der Waals surface area contributed by atoms with E-state index in [0.29, 0.717) is 17.8 Å². The Morgan fingerprint density at radius 3 is 2.74 bits per heavy atom. The highest BCUT2D eigenvalue weighted by molar-refractivity contribution is 7.13. The van der Waals surface area contributed by atoms with Gasteiger partial charge in [0.05, 0.1) is 41.2 Å². The van der Waals surface area contributed by atoms with Crippen molar-refractivity contribution in [2.24, 2.45) is 5.41 Å². The molecule has 1 atom stereocenters. The molecule has 204 valence electrons. The number of hydrogen-bond donors (Lipinski definition) is 1. The van der Waals surface area contributed by atoms with E-state index in [0.717, 1.165) is 73.4 Å². The molecule has 4 aromatic rings. The highest BCUT2D eigenvalue weighted by Crippen LogP contribution is 2.39. The zero-order valence-corrected chi connectivity index (χ0v) is 23.6. The summed E-state index contributed by atoms with van der Waals surface area (Å²) in [5, 5.41) is 9.75. The molecule has 6 rings (SSSR count). The van der Waals surface area contributed by atoms with Gasteiger partial charge in [-0.15, -0.1) is 11.3 Å². The fourth-order valence-corrected chi connectivity index (χ4v) is 6.33. The van der Waals surface area contributed by atoms with Gasteiger partial charge in [0.15, 0.2) is 5.65 Å². The number of likely N-dealkylation sites (N-methyl/N-ethyl adjacent to an activating group) is 1. The summed E-state index contributed by atoms with van der Waals surface area (Å²) in [7, 11) is 0. The number of carbonyl (C=O) groups excluding carboxylic acids is 1. The topological polar surface area (TPSA) is 87.9 Å².